The number of hydrogen-bond donors (Lipinski definition) is 1. The zero-order valence-corrected chi connectivity index (χ0v) is 15.0. The lowest BCUT2D eigenvalue weighted by Crippen LogP contribution is -2.36. The molecule has 0 bridgehead atoms. The number of hydrazine groups is 1. The molecule has 0 unspecified atom stereocenters. The fourth-order valence-electron chi connectivity index (χ4n) is 1.81. The van der Waals surface area contributed by atoms with Crippen molar-refractivity contribution < 1.29 is 13.2 Å². The number of halogens is 1. The maximum absolute atomic E-state index is 12.5. The molecule has 0 saturated carbocycles. The van der Waals surface area contributed by atoms with Crippen molar-refractivity contribution in [1.29, 1.82) is 0 Å². The van der Waals surface area contributed by atoms with Gasteiger partial charge in [0.05, 0.1) is 10.5 Å². The number of nitrogens with zero attached hydrogens (tertiary/aromatic N) is 2. The van der Waals surface area contributed by atoms with Crippen LogP contribution in [0.1, 0.15) is 24.2 Å². The molecule has 0 aliphatic rings. The number of sulfonamides is 1. The largest absolute Gasteiger partial charge is 0.285 e. The highest BCUT2D eigenvalue weighted by molar-refractivity contribution is 9.10. The first kappa shape index (κ1) is 18.1. The molecule has 0 fully saturated rings. The smallest absolute Gasteiger partial charge is 0.266 e. The molecule has 21 heavy (non-hydrogen) atoms. The van der Waals surface area contributed by atoms with Crippen LogP contribution in [0, 0.1) is 0 Å². The summed E-state index contributed by atoms with van der Waals surface area (Å²) in [6.07, 6.45) is 0. The van der Waals surface area contributed by atoms with Gasteiger partial charge in [0.1, 0.15) is 0 Å². The van der Waals surface area contributed by atoms with Crippen LogP contribution in [0.25, 0.3) is 0 Å². The maximum atomic E-state index is 12.5. The summed E-state index contributed by atoms with van der Waals surface area (Å²) in [5.74, 6) is -0.372. The lowest BCUT2D eigenvalue weighted by atomic mass is 10.2. The third-order valence-electron chi connectivity index (χ3n) is 2.85. The minimum absolute atomic E-state index is 0.110. The average Bonchev–Trinajstić information content (AvgIpc) is 2.39. The molecule has 6 nitrogen and oxygen atoms in total. The Morgan fingerprint density at radius 3 is 2.29 bits per heavy atom. The predicted octanol–water partition coefficient (Wildman–Crippen LogP) is 1.69. The summed E-state index contributed by atoms with van der Waals surface area (Å²) in [5.41, 5.74) is 2.87. The first-order chi connectivity index (χ1) is 9.73. The summed E-state index contributed by atoms with van der Waals surface area (Å²) in [5, 5.41) is 1.50. The van der Waals surface area contributed by atoms with Crippen LogP contribution in [0.15, 0.2) is 27.6 Å². The molecule has 1 N–H and O–H groups in total. The van der Waals surface area contributed by atoms with E-state index in [1.807, 2.05) is 0 Å². The molecule has 0 spiro atoms. The van der Waals surface area contributed by atoms with Gasteiger partial charge in [-0.25, -0.2) is 13.4 Å². The second-order valence-corrected chi connectivity index (χ2v) is 7.36. The van der Waals surface area contributed by atoms with E-state index in [4.69, 9.17) is 0 Å². The molecule has 0 saturated heterocycles. The summed E-state index contributed by atoms with van der Waals surface area (Å²) in [4.78, 5) is 12.2. The maximum Gasteiger partial charge on any atom is 0.266 e. The fraction of sp³-hybridized carbons (Fsp3) is 0.462. The fourth-order valence-corrected chi connectivity index (χ4v) is 3.73. The van der Waals surface area contributed by atoms with E-state index in [1.165, 1.54) is 21.4 Å². The molecule has 0 aromatic heterocycles. The van der Waals surface area contributed by atoms with Gasteiger partial charge in [0.25, 0.3) is 5.91 Å². The van der Waals surface area contributed by atoms with Gasteiger partial charge in [-0.1, -0.05) is 13.8 Å². The highest BCUT2D eigenvalue weighted by atomic mass is 79.9. The van der Waals surface area contributed by atoms with Crippen molar-refractivity contribution in [3.8, 4) is 0 Å². The van der Waals surface area contributed by atoms with Gasteiger partial charge in [0.15, 0.2) is 0 Å². The van der Waals surface area contributed by atoms with Crippen LogP contribution in [0.4, 0.5) is 0 Å². The minimum Gasteiger partial charge on any atom is -0.285 e. The number of rotatable bonds is 6. The number of carbonyl (C=O) groups is 1. The van der Waals surface area contributed by atoms with Gasteiger partial charge >= 0.3 is 0 Å². The summed E-state index contributed by atoms with van der Waals surface area (Å²) in [7, 11) is -0.218. The highest BCUT2D eigenvalue weighted by Gasteiger charge is 2.23. The Morgan fingerprint density at radius 2 is 1.81 bits per heavy atom. The van der Waals surface area contributed by atoms with E-state index < -0.39 is 10.0 Å². The SMILES string of the molecule is CCN(CC)S(=O)(=O)c1ccc(Br)c(C(=O)NN(C)C)c1. The lowest BCUT2D eigenvalue weighted by molar-refractivity contribution is 0.0856. The van der Waals surface area contributed by atoms with Gasteiger partial charge in [-0.15, -0.1) is 0 Å². The van der Waals surface area contributed by atoms with E-state index in [0.717, 1.165) is 0 Å². The van der Waals surface area contributed by atoms with Gasteiger partial charge in [0, 0.05) is 31.7 Å². The molecular weight excluding hydrogens is 358 g/mol. The van der Waals surface area contributed by atoms with Crippen LogP contribution in [-0.2, 0) is 10.0 Å². The Bertz CT molecular complexity index is 613. The number of amides is 1. The zero-order chi connectivity index (χ0) is 16.2. The molecule has 0 atom stereocenters. The van der Waals surface area contributed by atoms with E-state index >= 15 is 0 Å². The number of benzene rings is 1. The van der Waals surface area contributed by atoms with E-state index in [0.29, 0.717) is 17.6 Å². The van der Waals surface area contributed by atoms with Crippen LogP contribution in [0.3, 0.4) is 0 Å². The van der Waals surface area contributed by atoms with Gasteiger partial charge in [-0.2, -0.15) is 4.31 Å². The van der Waals surface area contributed by atoms with E-state index in [2.05, 4.69) is 21.4 Å². The third kappa shape index (κ3) is 4.26. The molecular formula is C13H20BrN3O3S. The number of carbonyl (C=O) groups excluding carboxylic acids is 1. The summed E-state index contributed by atoms with van der Waals surface area (Å²) in [6, 6.07) is 4.45. The Kier molecular flexibility index (Phi) is 6.33. The zero-order valence-electron chi connectivity index (χ0n) is 12.6. The van der Waals surface area contributed by atoms with Crippen molar-refractivity contribution in [3.05, 3.63) is 28.2 Å². The third-order valence-corrected chi connectivity index (χ3v) is 5.59. The molecule has 0 aliphatic carbocycles. The van der Waals surface area contributed by atoms with E-state index in [9.17, 15) is 13.2 Å². The molecule has 0 aliphatic heterocycles. The molecule has 118 valence electrons. The van der Waals surface area contributed by atoms with Gasteiger partial charge in [0.2, 0.25) is 10.0 Å². The van der Waals surface area contributed by atoms with Crippen LogP contribution in [0.2, 0.25) is 0 Å². The summed E-state index contributed by atoms with van der Waals surface area (Å²) in [6.45, 7) is 4.32. The molecule has 1 aromatic carbocycles. The lowest BCUT2D eigenvalue weighted by Gasteiger charge is -2.19. The Labute approximate surface area is 134 Å². The molecule has 0 heterocycles. The van der Waals surface area contributed by atoms with Crippen LogP contribution in [-0.4, -0.2) is 50.8 Å². The summed E-state index contributed by atoms with van der Waals surface area (Å²) >= 11 is 3.27. The average molecular weight is 378 g/mol. The van der Waals surface area contributed by atoms with E-state index in [-0.39, 0.29) is 16.4 Å². The van der Waals surface area contributed by atoms with Crippen LogP contribution < -0.4 is 5.43 Å². The Morgan fingerprint density at radius 1 is 1.24 bits per heavy atom. The minimum atomic E-state index is -3.58. The first-order valence-corrected chi connectivity index (χ1v) is 8.75. The molecule has 8 heteroatoms. The monoisotopic (exact) mass is 377 g/mol. The van der Waals surface area contributed by atoms with Crippen molar-refractivity contribution in [2.75, 3.05) is 27.2 Å². The van der Waals surface area contributed by atoms with E-state index in [1.54, 1.807) is 34.0 Å². The van der Waals surface area contributed by atoms with Crippen molar-refractivity contribution >= 4 is 31.9 Å². The van der Waals surface area contributed by atoms with Crippen LogP contribution >= 0.6 is 15.9 Å². The summed E-state index contributed by atoms with van der Waals surface area (Å²) < 4.78 is 26.8. The van der Waals surface area contributed by atoms with Gasteiger partial charge in [-0.3, -0.25) is 10.2 Å². The highest BCUT2D eigenvalue weighted by Crippen LogP contribution is 2.23. The topological polar surface area (TPSA) is 69.7 Å². The molecule has 1 aromatic rings. The van der Waals surface area contributed by atoms with Crippen molar-refractivity contribution in [3.63, 3.8) is 0 Å². The molecule has 1 rings (SSSR count). The quantitative estimate of drug-likeness (QED) is 0.765. The van der Waals surface area contributed by atoms with Gasteiger partial charge in [-0.05, 0) is 34.1 Å². The van der Waals surface area contributed by atoms with Crippen LogP contribution in [0.5, 0.6) is 0 Å². The number of nitrogens with one attached hydrogen (secondary N) is 1. The first-order valence-electron chi connectivity index (χ1n) is 6.52. The second-order valence-electron chi connectivity index (χ2n) is 4.57. The second kappa shape index (κ2) is 7.35. The Hall–Kier alpha value is -0.960. The van der Waals surface area contributed by atoms with Crippen molar-refractivity contribution in [2.24, 2.45) is 0 Å². The van der Waals surface area contributed by atoms with Gasteiger partial charge < -0.3 is 0 Å². The molecule has 0 radical (unpaired) electrons. The predicted molar refractivity (Wildman–Crippen MR) is 85.4 cm³/mol. The van der Waals surface area contributed by atoms with Crippen molar-refractivity contribution in [1.82, 2.24) is 14.7 Å². The Balaban J connectivity index is 3.27. The van der Waals surface area contributed by atoms with Crippen molar-refractivity contribution in [2.45, 2.75) is 18.7 Å². The molecule has 1 amide bonds. The standard InChI is InChI=1S/C13H20BrN3O3S/c1-5-17(6-2)21(19,20)10-7-8-12(14)11(9-10)13(18)15-16(3)4/h7-9H,5-6H2,1-4H3,(H,15,18). The normalized spacial score (nSPS) is 12.0. The number of hydrogen-bond acceptors (Lipinski definition) is 4.